The second kappa shape index (κ2) is 7.65. The zero-order valence-electron chi connectivity index (χ0n) is 12.9. The fourth-order valence-electron chi connectivity index (χ4n) is 3.06. The summed E-state index contributed by atoms with van der Waals surface area (Å²) in [5.74, 6) is -0.220. The van der Waals surface area contributed by atoms with Crippen LogP contribution in [0.25, 0.3) is 10.9 Å². The van der Waals surface area contributed by atoms with Gasteiger partial charge in [-0.25, -0.2) is 4.79 Å². The lowest BCUT2D eigenvalue weighted by atomic mass is 10.1. The molecule has 120 valence electrons. The molecule has 1 aliphatic heterocycles. The van der Waals surface area contributed by atoms with E-state index in [1.54, 1.807) is 0 Å². The number of halogens is 1. The third kappa shape index (κ3) is 3.62. The molecule has 0 aliphatic carbocycles. The summed E-state index contributed by atoms with van der Waals surface area (Å²) in [4.78, 5) is 17.9. The van der Waals surface area contributed by atoms with Gasteiger partial charge in [0.1, 0.15) is 6.61 Å². The minimum absolute atomic E-state index is 0. The van der Waals surface area contributed by atoms with Crippen LogP contribution in [0.4, 0.5) is 0 Å². The standard InChI is InChI=1S/C17H22N2O2.ClH/c1-13-16(14-7-3-4-8-15(14)18-13)17(20)21-12-11-19-9-5-2-6-10-19;/h3-4,7-8,18H,2,5-6,9-12H2,1H3;1H. The lowest BCUT2D eigenvalue weighted by Gasteiger charge is -2.25. The Morgan fingerprint density at radius 2 is 1.95 bits per heavy atom. The number of para-hydroxylation sites is 1. The Hall–Kier alpha value is -1.52. The van der Waals surface area contributed by atoms with Crippen LogP contribution in [0.2, 0.25) is 0 Å². The molecule has 0 saturated carbocycles. The van der Waals surface area contributed by atoms with Crippen molar-refractivity contribution in [3.63, 3.8) is 0 Å². The molecule has 1 aromatic heterocycles. The SMILES string of the molecule is Cc1[nH]c2ccccc2c1C(=O)OCCN1CCCCC1.Cl. The van der Waals surface area contributed by atoms with E-state index in [0.29, 0.717) is 12.2 Å². The van der Waals surface area contributed by atoms with Crippen molar-refractivity contribution in [1.29, 1.82) is 0 Å². The van der Waals surface area contributed by atoms with E-state index in [2.05, 4.69) is 9.88 Å². The first-order valence-electron chi connectivity index (χ1n) is 7.72. The van der Waals surface area contributed by atoms with Gasteiger partial charge in [0, 0.05) is 23.1 Å². The first-order chi connectivity index (χ1) is 10.3. The summed E-state index contributed by atoms with van der Waals surface area (Å²) in [5, 5.41) is 0.943. The van der Waals surface area contributed by atoms with Crippen molar-refractivity contribution >= 4 is 29.3 Å². The Bertz CT molecular complexity index is 633. The van der Waals surface area contributed by atoms with E-state index in [1.807, 2.05) is 31.2 Å². The van der Waals surface area contributed by atoms with Gasteiger partial charge in [0.05, 0.1) is 5.56 Å². The molecule has 22 heavy (non-hydrogen) atoms. The van der Waals surface area contributed by atoms with Gasteiger partial charge >= 0.3 is 5.97 Å². The van der Waals surface area contributed by atoms with Crippen LogP contribution in [-0.4, -0.2) is 42.1 Å². The van der Waals surface area contributed by atoms with Crippen molar-refractivity contribution in [2.75, 3.05) is 26.2 Å². The molecule has 1 saturated heterocycles. The van der Waals surface area contributed by atoms with Gasteiger partial charge in [0.15, 0.2) is 0 Å². The number of ether oxygens (including phenoxy) is 1. The predicted molar refractivity (Wildman–Crippen MR) is 90.9 cm³/mol. The third-order valence-corrected chi connectivity index (χ3v) is 4.19. The summed E-state index contributed by atoms with van der Waals surface area (Å²) >= 11 is 0. The van der Waals surface area contributed by atoms with E-state index in [4.69, 9.17) is 4.74 Å². The van der Waals surface area contributed by atoms with Crippen LogP contribution in [0.5, 0.6) is 0 Å². The van der Waals surface area contributed by atoms with E-state index in [1.165, 1.54) is 19.3 Å². The highest BCUT2D eigenvalue weighted by Crippen LogP contribution is 2.22. The average Bonchev–Trinajstić information content (AvgIpc) is 2.84. The van der Waals surface area contributed by atoms with Gasteiger partial charge in [-0.15, -0.1) is 12.4 Å². The van der Waals surface area contributed by atoms with Crippen LogP contribution in [0.3, 0.4) is 0 Å². The molecule has 0 bridgehead atoms. The lowest BCUT2D eigenvalue weighted by molar-refractivity contribution is 0.0453. The van der Waals surface area contributed by atoms with Crippen molar-refractivity contribution < 1.29 is 9.53 Å². The molecule has 1 aromatic carbocycles. The number of aryl methyl sites for hydroxylation is 1. The Morgan fingerprint density at radius 3 is 2.73 bits per heavy atom. The fourth-order valence-corrected chi connectivity index (χ4v) is 3.06. The van der Waals surface area contributed by atoms with Crippen LogP contribution >= 0.6 is 12.4 Å². The maximum Gasteiger partial charge on any atom is 0.340 e. The fraction of sp³-hybridized carbons (Fsp3) is 0.471. The smallest absolute Gasteiger partial charge is 0.340 e. The molecule has 4 nitrogen and oxygen atoms in total. The minimum Gasteiger partial charge on any atom is -0.461 e. The zero-order valence-corrected chi connectivity index (χ0v) is 13.7. The number of carbonyl (C=O) groups excluding carboxylic acids is 1. The van der Waals surface area contributed by atoms with Crippen molar-refractivity contribution in [2.45, 2.75) is 26.2 Å². The summed E-state index contributed by atoms with van der Waals surface area (Å²) < 4.78 is 5.48. The van der Waals surface area contributed by atoms with Crippen LogP contribution in [0.15, 0.2) is 24.3 Å². The van der Waals surface area contributed by atoms with Gasteiger partial charge in [-0.3, -0.25) is 4.90 Å². The molecule has 0 unspecified atom stereocenters. The van der Waals surface area contributed by atoms with Gasteiger partial charge in [-0.05, 0) is 38.9 Å². The topological polar surface area (TPSA) is 45.3 Å². The largest absolute Gasteiger partial charge is 0.461 e. The van der Waals surface area contributed by atoms with E-state index in [9.17, 15) is 4.79 Å². The number of carbonyl (C=O) groups is 1. The maximum atomic E-state index is 12.3. The highest BCUT2D eigenvalue weighted by Gasteiger charge is 2.17. The number of hydrogen-bond donors (Lipinski definition) is 1. The average molecular weight is 323 g/mol. The number of hydrogen-bond acceptors (Lipinski definition) is 3. The molecule has 0 spiro atoms. The molecule has 5 heteroatoms. The van der Waals surface area contributed by atoms with Gasteiger partial charge in [-0.1, -0.05) is 24.6 Å². The van der Waals surface area contributed by atoms with Crippen molar-refractivity contribution in [1.82, 2.24) is 9.88 Å². The van der Waals surface area contributed by atoms with Gasteiger partial charge in [0.25, 0.3) is 0 Å². The molecule has 3 rings (SSSR count). The Kier molecular flexibility index (Phi) is 5.86. The van der Waals surface area contributed by atoms with Gasteiger partial charge in [-0.2, -0.15) is 0 Å². The van der Waals surface area contributed by atoms with Crippen LogP contribution in [0.1, 0.15) is 35.3 Å². The monoisotopic (exact) mass is 322 g/mol. The number of nitrogens with one attached hydrogen (secondary N) is 1. The molecule has 1 aliphatic rings. The van der Waals surface area contributed by atoms with Crippen molar-refractivity contribution in [2.24, 2.45) is 0 Å². The Balaban J connectivity index is 0.00000176. The van der Waals surface area contributed by atoms with E-state index >= 15 is 0 Å². The van der Waals surface area contributed by atoms with Gasteiger partial charge < -0.3 is 9.72 Å². The first kappa shape index (κ1) is 16.8. The third-order valence-electron chi connectivity index (χ3n) is 4.19. The van der Waals surface area contributed by atoms with Crippen LogP contribution in [0, 0.1) is 6.92 Å². The lowest BCUT2D eigenvalue weighted by Crippen LogP contribution is -2.33. The van der Waals surface area contributed by atoms with Gasteiger partial charge in [0.2, 0.25) is 0 Å². The summed E-state index contributed by atoms with van der Waals surface area (Å²) in [7, 11) is 0. The first-order valence-corrected chi connectivity index (χ1v) is 7.72. The summed E-state index contributed by atoms with van der Waals surface area (Å²) in [6.07, 6.45) is 3.84. The van der Waals surface area contributed by atoms with Crippen LogP contribution < -0.4 is 0 Å². The number of fused-ring (bicyclic) bond motifs is 1. The predicted octanol–water partition coefficient (Wildman–Crippen LogP) is 3.54. The zero-order chi connectivity index (χ0) is 14.7. The summed E-state index contributed by atoms with van der Waals surface area (Å²) in [5.41, 5.74) is 2.53. The molecule has 2 heterocycles. The number of nitrogens with zero attached hydrogens (tertiary/aromatic N) is 1. The Labute approximate surface area is 137 Å². The molecule has 0 atom stereocenters. The number of likely N-dealkylation sites (tertiary alicyclic amines) is 1. The highest BCUT2D eigenvalue weighted by atomic mass is 35.5. The van der Waals surface area contributed by atoms with Crippen molar-refractivity contribution in [3.05, 3.63) is 35.5 Å². The quantitative estimate of drug-likeness (QED) is 0.876. The molecule has 0 radical (unpaired) electrons. The number of H-pyrrole nitrogens is 1. The maximum absolute atomic E-state index is 12.3. The second-order valence-electron chi connectivity index (χ2n) is 5.71. The Morgan fingerprint density at radius 1 is 1.23 bits per heavy atom. The number of aromatic amines is 1. The van der Waals surface area contributed by atoms with E-state index in [0.717, 1.165) is 36.2 Å². The molecule has 1 fully saturated rings. The normalized spacial score (nSPS) is 15.5. The molecular formula is C17H23ClN2O2. The number of rotatable bonds is 4. The number of aromatic nitrogens is 1. The highest BCUT2D eigenvalue weighted by molar-refractivity contribution is 6.05. The minimum atomic E-state index is -0.220. The van der Waals surface area contributed by atoms with E-state index < -0.39 is 0 Å². The number of piperidine rings is 1. The second-order valence-corrected chi connectivity index (χ2v) is 5.71. The molecular weight excluding hydrogens is 300 g/mol. The molecule has 0 amide bonds. The number of benzene rings is 1. The van der Waals surface area contributed by atoms with Crippen molar-refractivity contribution in [3.8, 4) is 0 Å². The summed E-state index contributed by atoms with van der Waals surface area (Å²) in [6.45, 7) is 5.49. The molecule has 1 N–H and O–H groups in total. The van der Waals surface area contributed by atoms with E-state index in [-0.39, 0.29) is 18.4 Å². The van der Waals surface area contributed by atoms with Crippen LogP contribution in [-0.2, 0) is 4.74 Å². The summed E-state index contributed by atoms with van der Waals surface area (Å²) in [6, 6.07) is 7.84. The number of esters is 1. The molecule has 2 aromatic rings.